The van der Waals surface area contributed by atoms with Crippen molar-refractivity contribution in [2.45, 2.75) is 31.7 Å². The van der Waals surface area contributed by atoms with Crippen LogP contribution in [0.5, 0.6) is 11.5 Å². The van der Waals surface area contributed by atoms with Crippen molar-refractivity contribution in [3.63, 3.8) is 0 Å². The molecule has 2 heterocycles. The van der Waals surface area contributed by atoms with Crippen LogP contribution in [-0.4, -0.2) is 34.7 Å². The predicted octanol–water partition coefficient (Wildman–Crippen LogP) is 5.96. The van der Waals surface area contributed by atoms with E-state index in [-0.39, 0.29) is 23.7 Å². The molecule has 5 rings (SSSR count). The molecule has 0 saturated heterocycles. The number of ether oxygens (including phenoxy) is 1. The van der Waals surface area contributed by atoms with Gasteiger partial charge in [-0.3, -0.25) is 9.59 Å². The first-order valence-electron chi connectivity index (χ1n) is 12.0. The standard InChI is InChI=1S/C28H27ClN4O3/c1-30-28(35)17-7-9-18(10-8-17)33-24-13-14-31-27-25(24)22(16-32-27)26(34)21-12-11-20(15-23(21)29)36-19-5-3-2-4-6-19/h2-6,11-18H,7-10H2,1H3,(H,30,35)(H2,31,32,33)/t17-,18-. The van der Waals surface area contributed by atoms with Gasteiger partial charge in [0.05, 0.1) is 16.0 Å². The number of H-pyrrole nitrogens is 1. The number of pyridine rings is 1. The van der Waals surface area contributed by atoms with E-state index in [1.165, 1.54) is 0 Å². The van der Waals surface area contributed by atoms with Crippen LogP contribution in [-0.2, 0) is 4.79 Å². The fourth-order valence-corrected chi connectivity index (χ4v) is 5.05. The summed E-state index contributed by atoms with van der Waals surface area (Å²) >= 11 is 6.53. The lowest BCUT2D eigenvalue weighted by Gasteiger charge is -2.29. The molecule has 3 N–H and O–H groups in total. The Morgan fingerprint density at radius 1 is 1.00 bits per heavy atom. The third-order valence-electron chi connectivity index (χ3n) is 6.69. The Kier molecular flexibility index (Phi) is 6.91. The molecular weight excluding hydrogens is 476 g/mol. The van der Waals surface area contributed by atoms with Crippen LogP contribution in [0.1, 0.15) is 41.6 Å². The molecule has 2 aromatic carbocycles. The lowest BCUT2D eigenvalue weighted by molar-refractivity contribution is -0.125. The molecule has 0 spiro atoms. The zero-order chi connectivity index (χ0) is 25.1. The quantitative estimate of drug-likeness (QED) is 0.271. The van der Waals surface area contributed by atoms with Gasteiger partial charge in [-0.1, -0.05) is 29.8 Å². The maximum atomic E-state index is 13.6. The van der Waals surface area contributed by atoms with E-state index in [1.807, 2.05) is 36.4 Å². The number of amides is 1. The van der Waals surface area contributed by atoms with Gasteiger partial charge in [0.25, 0.3) is 0 Å². The molecule has 7 nitrogen and oxygen atoms in total. The highest BCUT2D eigenvalue weighted by atomic mass is 35.5. The Morgan fingerprint density at radius 3 is 2.50 bits per heavy atom. The summed E-state index contributed by atoms with van der Waals surface area (Å²) in [4.78, 5) is 33.1. The summed E-state index contributed by atoms with van der Waals surface area (Å²) in [5.41, 5.74) is 2.35. The molecule has 2 aromatic heterocycles. The number of carbonyl (C=O) groups is 2. The smallest absolute Gasteiger partial charge is 0.222 e. The van der Waals surface area contributed by atoms with E-state index in [0.717, 1.165) is 36.8 Å². The number of nitrogens with zero attached hydrogens (tertiary/aromatic N) is 1. The number of anilines is 1. The van der Waals surface area contributed by atoms with Crippen LogP contribution < -0.4 is 15.4 Å². The number of benzene rings is 2. The number of aromatic amines is 1. The number of halogens is 1. The second-order valence-corrected chi connectivity index (χ2v) is 9.38. The summed E-state index contributed by atoms with van der Waals surface area (Å²) in [5, 5.41) is 7.38. The summed E-state index contributed by atoms with van der Waals surface area (Å²) in [6.45, 7) is 0. The van der Waals surface area contributed by atoms with Crippen LogP contribution in [0.4, 0.5) is 5.69 Å². The maximum absolute atomic E-state index is 13.6. The Balaban J connectivity index is 1.37. The molecular formula is C28H27ClN4O3. The SMILES string of the molecule is CNC(=O)[C@H]1CC[C@H](Nc2ccnc3[nH]cc(C(=O)c4ccc(Oc5ccccc5)cc4Cl)c23)CC1. The van der Waals surface area contributed by atoms with Crippen LogP contribution in [0.3, 0.4) is 0 Å². The number of rotatable bonds is 7. The van der Waals surface area contributed by atoms with Crippen molar-refractivity contribution < 1.29 is 14.3 Å². The zero-order valence-electron chi connectivity index (χ0n) is 19.9. The van der Waals surface area contributed by atoms with Crippen LogP contribution in [0.25, 0.3) is 11.0 Å². The fourth-order valence-electron chi connectivity index (χ4n) is 4.79. The molecule has 0 aliphatic heterocycles. The van der Waals surface area contributed by atoms with Crippen molar-refractivity contribution in [1.29, 1.82) is 0 Å². The lowest BCUT2D eigenvalue weighted by Crippen LogP contribution is -2.34. The van der Waals surface area contributed by atoms with Gasteiger partial charge >= 0.3 is 0 Å². The number of carbonyl (C=O) groups excluding carboxylic acids is 2. The minimum Gasteiger partial charge on any atom is -0.457 e. The van der Waals surface area contributed by atoms with E-state index < -0.39 is 0 Å². The zero-order valence-corrected chi connectivity index (χ0v) is 20.6. The van der Waals surface area contributed by atoms with Gasteiger partial charge in [-0.25, -0.2) is 4.98 Å². The van der Waals surface area contributed by atoms with Crippen LogP contribution in [0.15, 0.2) is 67.0 Å². The molecule has 0 unspecified atom stereocenters. The second-order valence-electron chi connectivity index (χ2n) is 8.98. The summed E-state index contributed by atoms with van der Waals surface area (Å²) in [5.74, 6) is 1.21. The number of fused-ring (bicyclic) bond motifs is 1. The highest BCUT2D eigenvalue weighted by Gasteiger charge is 2.27. The first kappa shape index (κ1) is 23.9. The molecule has 1 amide bonds. The lowest BCUT2D eigenvalue weighted by atomic mass is 9.85. The fraction of sp³-hybridized carbons (Fsp3) is 0.250. The van der Waals surface area contributed by atoms with Crippen molar-refractivity contribution in [2.75, 3.05) is 12.4 Å². The van der Waals surface area contributed by atoms with E-state index in [1.54, 1.807) is 37.6 Å². The normalized spacial score (nSPS) is 17.5. The molecule has 8 heteroatoms. The number of aromatic nitrogens is 2. The van der Waals surface area contributed by atoms with Crippen molar-refractivity contribution in [3.05, 3.63) is 83.1 Å². The monoisotopic (exact) mass is 502 g/mol. The van der Waals surface area contributed by atoms with Gasteiger partial charge in [0.2, 0.25) is 5.91 Å². The Morgan fingerprint density at radius 2 is 1.78 bits per heavy atom. The molecule has 1 aliphatic carbocycles. The highest BCUT2D eigenvalue weighted by Crippen LogP contribution is 2.34. The van der Waals surface area contributed by atoms with E-state index in [4.69, 9.17) is 16.3 Å². The minimum atomic E-state index is -0.197. The third-order valence-corrected chi connectivity index (χ3v) is 7.00. The van der Waals surface area contributed by atoms with Crippen LogP contribution in [0, 0.1) is 5.92 Å². The molecule has 0 atom stereocenters. The molecule has 1 saturated carbocycles. The summed E-state index contributed by atoms with van der Waals surface area (Å²) in [6, 6.07) is 16.6. The molecule has 1 aliphatic rings. The average molecular weight is 503 g/mol. The Hall–Kier alpha value is -3.84. The van der Waals surface area contributed by atoms with Crippen molar-refractivity contribution in [2.24, 2.45) is 5.92 Å². The number of nitrogens with one attached hydrogen (secondary N) is 3. The van der Waals surface area contributed by atoms with Crippen LogP contribution in [0.2, 0.25) is 5.02 Å². The summed E-state index contributed by atoms with van der Waals surface area (Å²) in [6.07, 6.45) is 6.82. The first-order valence-corrected chi connectivity index (χ1v) is 12.4. The van der Waals surface area contributed by atoms with Crippen molar-refractivity contribution in [1.82, 2.24) is 15.3 Å². The van der Waals surface area contributed by atoms with Gasteiger partial charge in [-0.2, -0.15) is 0 Å². The first-order chi connectivity index (χ1) is 17.5. The molecule has 4 aromatic rings. The van der Waals surface area contributed by atoms with E-state index in [0.29, 0.717) is 33.3 Å². The van der Waals surface area contributed by atoms with Gasteiger partial charge < -0.3 is 20.4 Å². The Bertz CT molecular complexity index is 1390. The van der Waals surface area contributed by atoms with Gasteiger partial charge in [-0.05, 0) is 56.0 Å². The molecule has 36 heavy (non-hydrogen) atoms. The largest absolute Gasteiger partial charge is 0.457 e. The summed E-state index contributed by atoms with van der Waals surface area (Å²) < 4.78 is 5.84. The second kappa shape index (κ2) is 10.4. The number of hydrogen-bond donors (Lipinski definition) is 3. The third kappa shape index (κ3) is 4.93. The van der Waals surface area contributed by atoms with Gasteiger partial charge in [-0.15, -0.1) is 0 Å². The summed E-state index contributed by atoms with van der Waals surface area (Å²) in [7, 11) is 1.68. The van der Waals surface area contributed by atoms with Gasteiger partial charge in [0.1, 0.15) is 17.1 Å². The van der Waals surface area contributed by atoms with Crippen LogP contribution >= 0.6 is 11.6 Å². The molecule has 0 bridgehead atoms. The maximum Gasteiger partial charge on any atom is 0.222 e. The van der Waals surface area contributed by atoms with E-state index in [2.05, 4.69) is 20.6 Å². The highest BCUT2D eigenvalue weighted by molar-refractivity contribution is 6.35. The molecule has 1 fully saturated rings. The number of hydrogen-bond acceptors (Lipinski definition) is 5. The molecule has 184 valence electrons. The van der Waals surface area contributed by atoms with Gasteiger partial charge in [0, 0.05) is 48.7 Å². The number of ketones is 1. The van der Waals surface area contributed by atoms with Crippen molar-refractivity contribution in [3.8, 4) is 11.5 Å². The van der Waals surface area contributed by atoms with E-state index >= 15 is 0 Å². The molecule has 0 radical (unpaired) electrons. The minimum absolute atomic E-state index is 0.0610. The number of para-hydroxylation sites is 1. The van der Waals surface area contributed by atoms with Gasteiger partial charge in [0.15, 0.2) is 5.78 Å². The van der Waals surface area contributed by atoms with Crippen molar-refractivity contribution >= 4 is 40.0 Å². The average Bonchev–Trinajstić information content (AvgIpc) is 3.34. The topological polar surface area (TPSA) is 96.1 Å². The predicted molar refractivity (Wildman–Crippen MR) is 141 cm³/mol. The van der Waals surface area contributed by atoms with E-state index in [9.17, 15) is 9.59 Å². The Labute approximate surface area is 214 Å².